The van der Waals surface area contributed by atoms with Crippen LogP contribution in [0.4, 0.5) is 0 Å². The van der Waals surface area contributed by atoms with Crippen molar-refractivity contribution in [1.29, 1.82) is 0 Å². The van der Waals surface area contributed by atoms with Gasteiger partial charge in [-0.05, 0) is 41.5 Å². The average molecular weight is 202 g/mol. The maximum absolute atomic E-state index is 11.4. The Morgan fingerprint density at radius 3 is 2.93 bits per heavy atom. The van der Waals surface area contributed by atoms with Crippen LogP contribution < -0.4 is 4.74 Å². The fraction of sp³-hybridized carbons (Fsp3) is 0.462. The minimum atomic E-state index is 0.429. The third kappa shape index (κ3) is 1.28. The molecular formula is C13H14O2. The molecule has 0 amide bonds. The van der Waals surface area contributed by atoms with E-state index < -0.39 is 0 Å². The van der Waals surface area contributed by atoms with Gasteiger partial charge in [0.15, 0.2) is 0 Å². The maximum Gasteiger partial charge on any atom is 0.133 e. The fourth-order valence-electron chi connectivity index (χ4n) is 3.02. The van der Waals surface area contributed by atoms with Crippen LogP contribution in [0, 0.1) is 5.92 Å². The van der Waals surface area contributed by atoms with E-state index in [1.807, 2.05) is 6.07 Å². The predicted molar refractivity (Wildman–Crippen MR) is 57.2 cm³/mol. The SMILES string of the molecule is COc1ccc2c(c1)[C@@H]1CC(=O)C[C@@H]1C2. The number of carbonyl (C=O) groups excluding carboxylic acids is 1. The summed E-state index contributed by atoms with van der Waals surface area (Å²) in [4.78, 5) is 11.4. The first-order chi connectivity index (χ1) is 7.28. The summed E-state index contributed by atoms with van der Waals surface area (Å²) in [5.74, 6) is 2.38. The number of fused-ring (bicyclic) bond motifs is 3. The molecule has 0 bridgehead atoms. The van der Waals surface area contributed by atoms with Gasteiger partial charge in [0.25, 0.3) is 0 Å². The number of methoxy groups -OCH3 is 1. The van der Waals surface area contributed by atoms with Crippen LogP contribution in [0.15, 0.2) is 18.2 Å². The molecule has 0 aromatic heterocycles. The number of hydrogen-bond donors (Lipinski definition) is 0. The van der Waals surface area contributed by atoms with Gasteiger partial charge in [-0.15, -0.1) is 0 Å². The number of hydrogen-bond acceptors (Lipinski definition) is 2. The molecule has 1 aromatic carbocycles. The summed E-state index contributed by atoms with van der Waals surface area (Å²) in [6.07, 6.45) is 2.60. The lowest BCUT2D eigenvalue weighted by Gasteiger charge is -2.09. The lowest BCUT2D eigenvalue weighted by atomic mass is 9.96. The average Bonchev–Trinajstić information content (AvgIpc) is 2.73. The molecule has 78 valence electrons. The van der Waals surface area contributed by atoms with Gasteiger partial charge in [0.05, 0.1) is 7.11 Å². The Kier molecular flexibility index (Phi) is 1.84. The summed E-state index contributed by atoms with van der Waals surface area (Å²) in [5.41, 5.74) is 2.77. The van der Waals surface area contributed by atoms with Gasteiger partial charge in [0.2, 0.25) is 0 Å². The molecule has 0 aliphatic heterocycles. The minimum Gasteiger partial charge on any atom is -0.497 e. The molecular weight excluding hydrogens is 188 g/mol. The summed E-state index contributed by atoms with van der Waals surface area (Å²) in [5, 5.41) is 0. The van der Waals surface area contributed by atoms with E-state index in [1.165, 1.54) is 11.1 Å². The Labute approximate surface area is 89.2 Å². The van der Waals surface area contributed by atoms with Gasteiger partial charge in [0, 0.05) is 12.8 Å². The number of carbonyl (C=O) groups is 1. The standard InChI is InChI=1S/C13H14O2/c1-15-11-3-2-8-4-9-5-10(14)6-12(9)13(8)7-11/h2-3,7,9,12H,4-6H2,1H3/t9-,12+/m0/s1. The summed E-state index contributed by atoms with van der Waals surface area (Å²) >= 11 is 0. The molecule has 0 heterocycles. The molecule has 2 atom stereocenters. The molecule has 0 radical (unpaired) electrons. The smallest absolute Gasteiger partial charge is 0.133 e. The van der Waals surface area contributed by atoms with Crippen LogP contribution in [0.2, 0.25) is 0 Å². The third-order valence-electron chi connectivity index (χ3n) is 3.74. The second-order valence-electron chi connectivity index (χ2n) is 4.58. The Hall–Kier alpha value is -1.31. The molecule has 0 saturated heterocycles. The molecule has 2 nitrogen and oxygen atoms in total. The number of Topliss-reactive ketones (excluding diaryl/α,β-unsaturated/α-hetero) is 1. The van der Waals surface area contributed by atoms with Crippen molar-refractivity contribution in [1.82, 2.24) is 0 Å². The zero-order valence-corrected chi connectivity index (χ0v) is 8.82. The summed E-state index contributed by atoms with van der Waals surface area (Å²) in [6.45, 7) is 0. The van der Waals surface area contributed by atoms with E-state index in [1.54, 1.807) is 7.11 Å². The molecule has 2 aliphatic carbocycles. The first-order valence-electron chi connectivity index (χ1n) is 5.46. The monoisotopic (exact) mass is 202 g/mol. The van der Waals surface area contributed by atoms with Gasteiger partial charge >= 0.3 is 0 Å². The first kappa shape index (κ1) is 8.96. The summed E-state index contributed by atoms with van der Waals surface area (Å²) in [6, 6.07) is 6.28. The van der Waals surface area contributed by atoms with Crippen molar-refractivity contribution < 1.29 is 9.53 Å². The van der Waals surface area contributed by atoms with Crippen molar-refractivity contribution >= 4 is 5.78 Å². The number of benzene rings is 1. The van der Waals surface area contributed by atoms with Crippen molar-refractivity contribution in [2.75, 3.05) is 7.11 Å². The summed E-state index contributed by atoms with van der Waals surface area (Å²) in [7, 11) is 1.69. The van der Waals surface area contributed by atoms with Crippen LogP contribution in [-0.4, -0.2) is 12.9 Å². The highest BCUT2D eigenvalue weighted by atomic mass is 16.5. The van der Waals surface area contributed by atoms with E-state index in [2.05, 4.69) is 12.1 Å². The Morgan fingerprint density at radius 2 is 2.13 bits per heavy atom. The normalized spacial score (nSPS) is 27.7. The van der Waals surface area contributed by atoms with Gasteiger partial charge in [-0.1, -0.05) is 6.07 Å². The molecule has 0 unspecified atom stereocenters. The van der Waals surface area contributed by atoms with Crippen molar-refractivity contribution in [2.24, 2.45) is 5.92 Å². The van der Waals surface area contributed by atoms with Crippen LogP contribution in [0.5, 0.6) is 5.75 Å². The first-order valence-corrected chi connectivity index (χ1v) is 5.46. The van der Waals surface area contributed by atoms with E-state index in [4.69, 9.17) is 4.74 Å². The molecule has 1 aromatic rings. The Bertz CT molecular complexity index is 423. The van der Waals surface area contributed by atoms with Crippen LogP contribution in [0.3, 0.4) is 0 Å². The van der Waals surface area contributed by atoms with Crippen molar-refractivity contribution in [3.63, 3.8) is 0 Å². The maximum atomic E-state index is 11.4. The van der Waals surface area contributed by atoms with Gasteiger partial charge in [-0.2, -0.15) is 0 Å². The van der Waals surface area contributed by atoms with E-state index in [9.17, 15) is 4.79 Å². The van der Waals surface area contributed by atoms with Crippen LogP contribution in [0.25, 0.3) is 0 Å². The van der Waals surface area contributed by atoms with E-state index in [0.717, 1.165) is 25.0 Å². The van der Waals surface area contributed by atoms with Gasteiger partial charge in [-0.25, -0.2) is 0 Å². The molecule has 2 aliphatic rings. The second kappa shape index (κ2) is 3.09. The van der Waals surface area contributed by atoms with E-state index in [-0.39, 0.29) is 0 Å². The van der Waals surface area contributed by atoms with Crippen LogP contribution in [-0.2, 0) is 11.2 Å². The highest BCUT2D eigenvalue weighted by Gasteiger charge is 2.39. The van der Waals surface area contributed by atoms with E-state index in [0.29, 0.717) is 17.6 Å². The largest absolute Gasteiger partial charge is 0.497 e. The quantitative estimate of drug-likeness (QED) is 0.698. The number of rotatable bonds is 1. The van der Waals surface area contributed by atoms with Gasteiger partial charge in [0.1, 0.15) is 11.5 Å². The minimum absolute atomic E-state index is 0.429. The molecule has 1 saturated carbocycles. The van der Waals surface area contributed by atoms with Crippen LogP contribution >= 0.6 is 0 Å². The van der Waals surface area contributed by atoms with Crippen LogP contribution in [0.1, 0.15) is 29.9 Å². The zero-order valence-electron chi connectivity index (χ0n) is 8.82. The molecule has 3 rings (SSSR count). The predicted octanol–water partition coefficient (Wildman–Crippen LogP) is 2.31. The molecule has 1 fully saturated rings. The van der Waals surface area contributed by atoms with Crippen molar-refractivity contribution in [2.45, 2.75) is 25.2 Å². The van der Waals surface area contributed by atoms with Crippen molar-refractivity contribution in [3.05, 3.63) is 29.3 Å². The highest BCUT2D eigenvalue weighted by Crippen LogP contribution is 2.47. The Morgan fingerprint density at radius 1 is 1.27 bits per heavy atom. The lowest BCUT2D eigenvalue weighted by Crippen LogP contribution is -1.97. The molecule has 0 spiro atoms. The molecule has 2 heteroatoms. The number of ether oxygens (including phenoxy) is 1. The lowest BCUT2D eigenvalue weighted by molar-refractivity contribution is -0.117. The van der Waals surface area contributed by atoms with Gasteiger partial charge in [-0.3, -0.25) is 4.79 Å². The number of ketones is 1. The Balaban J connectivity index is 2.02. The second-order valence-corrected chi connectivity index (χ2v) is 4.58. The summed E-state index contributed by atoms with van der Waals surface area (Å²) < 4.78 is 5.23. The molecule has 0 N–H and O–H groups in total. The van der Waals surface area contributed by atoms with Crippen molar-refractivity contribution in [3.8, 4) is 5.75 Å². The van der Waals surface area contributed by atoms with Gasteiger partial charge < -0.3 is 4.74 Å². The van der Waals surface area contributed by atoms with E-state index >= 15 is 0 Å². The topological polar surface area (TPSA) is 26.3 Å². The highest BCUT2D eigenvalue weighted by molar-refractivity contribution is 5.83. The fourth-order valence-corrected chi connectivity index (χ4v) is 3.02. The third-order valence-corrected chi connectivity index (χ3v) is 3.74. The molecule has 15 heavy (non-hydrogen) atoms. The zero-order chi connectivity index (χ0) is 10.4.